The lowest BCUT2D eigenvalue weighted by Crippen LogP contribution is -2.37. The molecule has 0 saturated heterocycles. The molecule has 0 amide bonds. The normalized spacial score (nSPS) is 13.9. The predicted octanol–water partition coefficient (Wildman–Crippen LogP) is 13.6. The van der Waals surface area contributed by atoms with Crippen LogP contribution in [0.4, 0.5) is 0 Å². The lowest BCUT2D eigenvalue weighted by Gasteiger charge is -2.24. The number of esters is 1. The summed E-state index contributed by atoms with van der Waals surface area (Å²) in [6, 6.07) is 0. The Bertz CT molecular complexity index is 936. The van der Waals surface area contributed by atoms with Crippen LogP contribution in [0, 0.1) is 0 Å². The minimum Gasteiger partial charge on any atom is -0.457 e. The Morgan fingerprint density at radius 2 is 0.945 bits per heavy atom. The fourth-order valence-corrected chi connectivity index (χ4v) is 7.11. The molecule has 1 N–H and O–H groups in total. The second-order valence-corrected chi connectivity index (χ2v) is 18.2. The van der Waals surface area contributed by atoms with E-state index in [1.165, 1.54) is 141 Å². The molecule has 0 heterocycles. The summed E-state index contributed by atoms with van der Waals surface area (Å²) >= 11 is 0. The maximum absolute atomic E-state index is 12.7. The first-order valence-electron chi connectivity index (χ1n) is 23.1. The molecular formula is C46H91NO7P+. The van der Waals surface area contributed by atoms with E-state index in [1.54, 1.807) is 0 Å². The molecule has 55 heavy (non-hydrogen) atoms. The van der Waals surface area contributed by atoms with Crippen molar-refractivity contribution in [3.63, 3.8) is 0 Å². The third kappa shape index (κ3) is 43.9. The van der Waals surface area contributed by atoms with Gasteiger partial charge in [-0.1, -0.05) is 160 Å². The van der Waals surface area contributed by atoms with Gasteiger partial charge in [-0.3, -0.25) is 13.8 Å². The Morgan fingerprint density at radius 3 is 1.38 bits per heavy atom. The Morgan fingerprint density at radius 1 is 0.545 bits per heavy atom. The van der Waals surface area contributed by atoms with Crippen LogP contribution in [0.15, 0.2) is 24.3 Å². The third-order valence-electron chi connectivity index (χ3n) is 9.99. The molecule has 0 aliphatic rings. The Hall–Kier alpha value is -1.02. The fourth-order valence-electron chi connectivity index (χ4n) is 6.37. The first-order valence-corrected chi connectivity index (χ1v) is 24.6. The highest BCUT2D eigenvalue weighted by Crippen LogP contribution is 2.43. The van der Waals surface area contributed by atoms with Gasteiger partial charge in [-0.15, -0.1) is 0 Å². The van der Waals surface area contributed by atoms with Gasteiger partial charge < -0.3 is 18.9 Å². The standard InChI is InChI=1S/C46H90NO7P/c1-6-8-10-12-14-16-18-20-22-23-24-26-28-30-32-34-36-38-41-51-43-45(44-53-55(49,50)52-42-40-47(3,4)5)54-46(48)39-37-35-33-31-29-27-25-21-19-17-15-13-11-9-7-2/h20-22,25,45H,6-19,23-24,26-44H2,1-5H3/p+1/b22-20-,25-21-. The van der Waals surface area contributed by atoms with E-state index in [0.717, 1.165) is 44.9 Å². The van der Waals surface area contributed by atoms with Crippen molar-refractivity contribution in [3.05, 3.63) is 24.3 Å². The van der Waals surface area contributed by atoms with Crippen LogP contribution in [0.2, 0.25) is 0 Å². The second kappa shape index (κ2) is 39.8. The molecule has 8 nitrogen and oxygen atoms in total. The van der Waals surface area contributed by atoms with E-state index in [2.05, 4.69) is 38.2 Å². The molecule has 0 fully saturated rings. The number of rotatable bonds is 43. The average molecular weight is 801 g/mol. The van der Waals surface area contributed by atoms with Gasteiger partial charge in [0.2, 0.25) is 0 Å². The van der Waals surface area contributed by atoms with Crippen LogP contribution >= 0.6 is 7.82 Å². The highest BCUT2D eigenvalue weighted by molar-refractivity contribution is 7.47. The smallest absolute Gasteiger partial charge is 0.457 e. The summed E-state index contributed by atoms with van der Waals surface area (Å²) in [5.41, 5.74) is 0. The number of ether oxygens (including phenoxy) is 2. The number of carbonyl (C=O) groups is 1. The summed E-state index contributed by atoms with van der Waals surface area (Å²) in [6.45, 7) is 5.62. The molecule has 0 aliphatic carbocycles. The molecule has 0 radical (unpaired) electrons. The lowest BCUT2D eigenvalue weighted by molar-refractivity contribution is -0.870. The van der Waals surface area contributed by atoms with E-state index in [9.17, 15) is 14.3 Å². The van der Waals surface area contributed by atoms with Crippen molar-refractivity contribution in [2.45, 2.75) is 213 Å². The summed E-state index contributed by atoms with van der Waals surface area (Å²) in [7, 11) is 1.67. The average Bonchev–Trinajstić information content (AvgIpc) is 3.13. The number of carbonyl (C=O) groups excluding carboxylic acids is 1. The van der Waals surface area contributed by atoms with Crippen molar-refractivity contribution in [3.8, 4) is 0 Å². The second-order valence-electron chi connectivity index (χ2n) is 16.8. The van der Waals surface area contributed by atoms with Gasteiger partial charge in [0.25, 0.3) is 0 Å². The van der Waals surface area contributed by atoms with Crippen LogP contribution in [0.25, 0.3) is 0 Å². The Balaban J connectivity index is 4.21. The molecule has 0 aromatic rings. The number of hydrogen-bond acceptors (Lipinski definition) is 6. The quantitative estimate of drug-likeness (QED) is 0.0216. The zero-order valence-corrected chi connectivity index (χ0v) is 37.8. The molecule has 9 heteroatoms. The van der Waals surface area contributed by atoms with Crippen LogP contribution in [-0.4, -0.2) is 75.6 Å². The molecule has 326 valence electrons. The number of phosphoric ester groups is 1. The highest BCUT2D eigenvalue weighted by atomic mass is 31.2. The van der Waals surface area contributed by atoms with E-state index in [-0.39, 0.29) is 25.8 Å². The molecule has 0 aromatic carbocycles. The number of quaternary nitrogens is 1. The third-order valence-corrected chi connectivity index (χ3v) is 11.0. The fraction of sp³-hybridized carbons (Fsp3) is 0.891. The Kier molecular flexibility index (Phi) is 39.1. The molecule has 0 bridgehead atoms. The predicted molar refractivity (Wildman–Crippen MR) is 233 cm³/mol. The van der Waals surface area contributed by atoms with E-state index in [4.69, 9.17) is 18.5 Å². The van der Waals surface area contributed by atoms with Gasteiger partial charge in [0.15, 0.2) is 0 Å². The summed E-state index contributed by atoms with van der Waals surface area (Å²) in [6.07, 6.45) is 44.9. The number of unbranched alkanes of at least 4 members (excludes halogenated alkanes) is 25. The monoisotopic (exact) mass is 801 g/mol. The topological polar surface area (TPSA) is 91.3 Å². The van der Waals surface area contributed by atoms with E-state index in [1.807, 2.05) is 21.1 Å². The van der Waals surface area contributed by atoms with Gasteiger partial charge in [-0.05, 0) is 64.2 Å². The maximum Gasteiger partial charge on any atom is 0.472 e. The Labute approximate surface area is 341 Å². The van der Waals surface area contributed by atoms with E-state index < -0.39 is 13.9 Å². The van der Waals surface area contributed by atoms with Crippen molar-refractivity contribution in [2.75, 3.05) is 54.1 Å². The summed E-state index contributed by atoms with van der Waals surface area (Å²) in [5.74, 6) is -0.322. The zero-order chi connectivity index (χ0) is 40.6. The zero-order valence-electron chi connectivity index (χ0n) is 36.9. The van der Waals surface area contributed by atoms with Crippen LogP contribution in [-0.2, 0) is 27.9 Å². The molecule has 0 aromatic heterocycles. The van der Waals surface area contributed by atoms with E-state index in [0.29, 0.717) is 24.1 Å². The maximum atomic E-state index is 12.7. The largest absolute Gasteiger partial charge is 0.472 e. The summed E-state index contributed by atoms with van der Waals surface area (Å²) < 4.78 is 35.0. The van der Waals surface area contributed by atoms with Crippen molar-refractivity contribution < 1.29 is 37.3 Å². The van der Waals surface area contributed by atoms with Crippen molar-refractivity contribution in [1.29, 1.82) is 0 Å². The molecule has 0 spiro atoms. The van der Waals surface area contributed by atoms with Crippen LogP contribution < -0.4 is 0 Å². The molecular weight excluding hydrogens is 709 g/mol. The molecule has 0 rings (SSSR count). The number of likely N-dealkylation sites (N-methyl/N-ethyl adjacent to an activating group) is 1. The molecule has 0 aliphatic heterocycles. The number of allylic oxidation sites excluding steroid dienone is 4. The van der Waals surface area contributed by atoms with E-state index >= 15 is 0 Å². The van der Waals surface area contributed by atoms with Gasteiger partial charge >= 0.3 is 13.8 Å². The van der Waals surface area contributed by atoms with Crippen LogP contribution in [0.1, 0.15) is 206 Å². The SMILES string of the molecule is CCCCCCCC/C=C\CCCCCCCCCCOCC(COP(=O)(O)OCC[N+](C)(C)C)OC(=O)CCCCCCC/C=C\CCCCCCCC. The van der Waals surface area contributed by atoms with Gasteiger partial charge in [0.1, 0.15) is 19.3 Å². The number of nitrogens with zero attached hydrogens (tertiary/aromatic N) is 1. The van der Waals surface area contributed by atoms with Crippen molar-refractivity contribution >= 4 is 13.8 Å². The molecule has 2 unspecified atom stereocenters. The molecule has 2 atom stereocenters. The summed E-state index contributed by atoms with van der Waals surface area (Å²) in [5, 5.41) is 0. The highest BCUT2D eigenvalue weighted by Gasteiger charge is 2.26. The van der Waals surface area contributed by atoms with Crippen molar-refractivity contribution in [2.24, 2.45) is 0 Å². The van der Waals surface area contributed by atoms with Gasteiger partial charge in [-0.2, -0.15) is 0 Å². The minimum absolute atomic E-state index is 0.0877. The molecule has 0 saturated carbocycles. The van der Waals surface area contributed by atoms with Crippen molar-refractivity contribution in [1.82, 2.24) is 0 Å². The minimum atomic E-state index is -4.27. The van der Waals surface area contributed by atoms with Crippen LogP contribution in [0.3, 0.4) is 0 Å². The first-order chi connectivity index (χ1) is 26.6. The van der Waals surface area contributed by atoms with Gasteiger partial charge in [-0.25, -0.2) is 4.57 Å². The number of hydrogen-bond donors (Lipinski definition) is 1. The number of phosphoric acid groups is 1. The lowest BCUT2D eigenvalue weighted by atomic mass is 10.1. The van der Waals surface area contributed by atoms with Gasteiger partial charge in [0.05, 0.1) is 34.4 Å². The summed E-state index contributed by atoms with van der Waals surface area (Å²) in [4.78, 5) is 22.9. The van der Waals surface area contributed by atoms with Gasteiger partial charge in [0, 0.05) is 13.0 Å². The first kappa shape index (κ1) is 54.0. The van der Waals surface area contributed by atoms with Crippen LogP contribution in [0.5, 0.6) is 0 Å².